The van der Waals surface area contributed by atoms with Crippen molar-refractivity contribution in [1.82, 2.24) is 9.55 Å². The van der Waals surface area contributed by atoms with Crippen LogP contribution in [0.3, 0.4) is 0 Å². The van der Waals surface area contributed by atoms with E-state index < -0.39 is 0 Å². The molecule has 0 N–H and O–H groups in total. The topological polar surface area (TPSA) is 27.1 Å². The number of ether oxygens (including phenoxy) is 1. The van der Waals surface area contributed by atoms with Crippen LogP contribution in [0, 0.1) is 6.92 Å². The highest BCUT2D eigenvalue weighted by Gasteiger charge is 2.05. The molecule has 0 bridgehead atoms. The Bertz CT molecular complexity index is 551. The van der Waals surface area contributed by atoms with E-state index in [-0.39, 0.29) is 0 Å². The standard InChI is InChI=1S/C16H21ClN2O/c1-3-4-5-10-20-15-7-6-14(16(17)11-15)12-19-9-8-18-13(19)2/h6-9,11H,3-5,10,12H2,1-2H3. The highest BCUT2D eigenvalue weighted by molar-refractivity contribution is 6.31. The van der Waals surface area contributed by atoms with Crippen LogP contribution >= 0.6 is 11.6 Å². The van der Waals surface area contributed by atoms with Crippen molar-refractivity contribution in [2.75, 3.05) is 6.61 Å². The predicted octanol–water partition coefficient (Wildman–Crippen LogP) is 4.46. The minimum atomic E-state index is 0.737. The minimum Gasteiger partial charge on any atom is -0.494 e. The van der Waals surface area contributed by atoms with Gasteiger partial charge in [-0.2, -0.15) is 0 Å². The summed E-state index contributed by atoms with van der Waals surface area (Å²) in [6.45, 7) is 5.66. The maximum absolute atomic E-state index is 6.32. The molecule has 1 heterocycles. The molecule has 3 nitrogen and oxygen atoms in total. The molecule has 0 aliphatic heterocycles. The zero-order chi connectivity index (χ0) is 14.4. The lowest BCUT2D eigenvalue weighted by Crippen LogP contribution is -2.02. The maximum atomic E-state index is 6.32. The lowest BCUT2D eigenvalue weighted by Gasteiger charge is -2.10. The number of aromatic nitrogens is 2. The highest BCUT2D eigenvalue weighted by atomic mass is 35.5. The zero-order valence-corrected chi connectivity index (χ0v) is 12.9. The Balaban J connectivity index is 1.97. The number of nitrogens with zero attached hydrogens (tertiary/aromatic N) is 2. The molecule has 0 unspecified atom stereocenters. The van der Waals surface area contributed by atoms with Gasteiger partial charge in [0.15, 0.2) is 0 Å². The molecule has 0 amide bonds. The van der Waals surface area contributed by atoms with E-state index in [9.17, 15) is 0 Å². The highest BCUT2D eigenvalue weighted by Crippen LogP contribution is 2.24. The van der Waals surface area contributed by atoms with Gasteiger partial charge in [-0.3, -0.25) is 0 Å². The van der Waals surface area contributed by atoms with Gasteiger partial charge < -0.3 is 9.30 Å². The monoisotopic (exact) mass is 292 g/mol. The van der Waals surface area contributed by atoms with Crippen molar-refractivity contribution >= 4 is 11.6 Å². The van der Waals surface area contributed by atoms with Crippen molar-refractivity contribution in [3.8, 4) is 5.75 Å². The van der Waals surface area contributed by atoms with Crippen molar-refractivity contribution in [2.45, 2.75) is 39.7 Å². The van der Waals surface area contributed by atoms with Crippen LogP contribution in [0.4, 0.5) is 0 Å². The third-order valence-electron chi connectivity index (χ3n) is 3.31. The zero-order valence-electron chi connectivity index (χ0n) is 12.1. The largest absolute Gasteiger partial charge is 0.494 e. The molecule has 1 aromatic carbocycles. The van der Waals surface area contributed by atoms with Crippen molar-refractivity contribution in [1.29, 1.82) is 0 Å². The summed E-state index contributed by atoms with van der Waals surface area (Å²) in [5.41, 5.74) is 1.08. The van der Waals surface area contributed by atoms with Gasteiger partial charge in [-0.25, -0.2) is 4.98 Å². The number of halogens is 1. The third-order valence-corrected chi connectivity index (χ3v) is 3.66. The molecule has 20 heavy (non-hydrogen) atoms. The predicted molar refractivity (Wildman–Crippen MR) is 82.5 cm³/mol. The second kappa shape index (κ2) is 7.34. The molecule has 2 aromatic rings. The molecular weight excluding hydrogens is 272 g/mol. The first-order valence-corrected chi connectivity index (χ1v) is 7.47. The van der Waals surface area contributed by atoms with Crippen LogP contribution in [-0.2, 0) is 6.54 Å². The average molecular weight is 293 g/mol. The summed E-state index contributed by atoms with van der Waals surface area (Å²) < 4.78 is 7.77. The number of rotatable bonds is 7. The molecule has 0 saturated heterocycles. The molecule has 0 aliphatic rings. The van der Waals surface area contributed by atoms with Crippen molar-refractivity contribution in [3.05, 3.63) is 47.0 Å². The van der Waals surface area contributed by atoms with Gasteiger partial charge >= 0.3 is 0 Å². The van der Waals surface area contributed by atoms with E-state index in [0.29, 0.717) is 0 Å². The lowest BCUT2D eigenvalue weighted by molar-refractivity contribution is 0.306. The van der Waals surface area contributed by atoms with Crippen LogP contribution in [-0.4, -0.2) is 16.2 Å². The van der Waals surface area contributed by atoms with E-state index in [1.807, 2.05) is 31.3 Å². The van der Waals surface area contributed by atoms with Crippen molar-refractivity contribution in [3.63, 3.8) is 0 Å². The van der Waals surface area contributed by atoms with Crippen LogP contribution in [0.2, 0.25) is 5.02 Å². The molecule has 0 fully saturated rings. The smallest absolute Gasteiger partial charge is 0.120 e. The summed E-state index contributed by atoms with van der Waals surface area (Å²) in [4.78, 5) is 4.21. The summed E-state index contributed by atoms with van der Waals surface area (Å²) >= 11 is 6.32. The van der Waals surface area contributed by atoms with E-state index in [0.717, 1.165) is 41.7 Å². The van der Waals surface area contributed by atoms with Crippen LogP contribution in [0.15, 0.2) is 30.6 Å². The first kappa shape index (κ1) is 14.9. The number of hydrogen-bond donors (Lipinski definition) is 0. The number of imidazole rings is 1. The normalized spacial score (nSPS) is 10.8. The second-order valence-electron chi connectivity index (χ2n) is 4.91. The molecule has 0 saturated carbocycles. The summed E-state index contributed by atoms with van der Waals surface area (Å²) in [6.07, 6.45) is 7.25. The lowest BCUT2D eigenvalue weighted by atomic mass is 10.2. The first-order chi connectivity index (χ1) is 9.70. The molecule has 0 spiro atoms. The number of hydrogen-bond acceptors (Lipinski definition) is 2. The van der Waals surface area contributed by atoms with Gasteiger partial charge in [0.25, 0.3) is 0 Å². The Labute approximate surface area is 125 Å². The fourth-order valence-corrected chi connectivity index (χ4v) is 2.27. The van der Waals surface area contributed by atoms with E-state index in [4.69, 9.17) is 16.3 Å². The summed E-state index contributed by atoms with van der Waals surface area (Å²) in [6, 6.07) is 5.91. The van der Waals surface area contributed by atoms with Crippen molar-refractivity contribution in [2.24, 2.45) is 0 Å². The van der Waals surface area contributed by atoms with E-state index in [2.05, 4.69) is 16.5 Å². The fourth-order valence-electron chi connectivity index (χ4n) is 2.04. The van der Waals surface area contributed by atoms with Crippen LogP contribution < -0.4 is 4.74 Å². The molecule has 108 valence electrons. The number of benzene rings is 1. The quantitative estimate of drug-likeness (QED) is 0.704. The SMILES string of the molecule is CCCCCOc1ccc(Cn2ccnc2C)c(Cl)c1. The molecule has 1 aromatic heterocycles. The van der Waals surface area contributed by atoms with E-state index in [1.54, 1.807) is 6.20 Å². The maximum Gasteiger partial charge on any atom is 0.120 e. The fraction of sp³-hybridized carbons (Fsp3) is 0.438. The van der Waals surface area contributed by atoms with E-state index >= 15 is 0 Å². The number of unbranched alkanes of at least 4 members (excludes halogenated alkanes) is 2. The van der Waals surface area contributed by atoms with Gasteiger partial charge in [-0.05, 0) is 31.0 Å². The molecule has 0 atom stereocenters. The van der Waals surface area contributed by atoms with Gasteiger partial charge in [-0.1, -0.05) is 37.4 Å². The first-order valence-electron chi connectivity index (χ1n) is 7.09. The van der Waals surface area contributed by atoms with Crippen LogP contribution in [0.1, 0.15) is 37.6 Å². The average Bonchev–Trinajstić information content (AvgIpc) is 2.83. The Morgan fingerprint density at radius 1 is 1.30 bits per heavy atom. The third kappa shape index (κ3) is 4.01. The van der Waals surface area contributed by atoms with Crippen LogP contribution in [0.25, 0.3) is 0 Å². The van der Waals surface area contributed by atoms with Gasteiger partial charge in [-0.15, -0.1) is 0 Å². The summed E-state index contributed by atoms with van der Waals surface area (Å²) in [7, 11) is 0. The Hall–Kier alpha value is -1.48. The second-order valence-corrected chi connectivity index (χ2v) is 5.32. The molecule has 4 heteroatoms. The minimum absolute atomic E-state index is 0.737. The van der Waals surface area contributed by atoms with Gasteiger partial charge in [0.05, 0.1) is 13.2 Å². The Morgan fingerprint density at radius 2 is 2.15 bits per heavy atom. The van der Waals surface area contributed by atoms with Gasteiger partial charge in [0, 0.05) is 17.4 Å². The van der Waals surface area contributed by atoms with Crippen LogP contribution in [0.5, 0.6) is 5.75 Å². The molecule has 0 radical (unpaired) electrons. The Morgan fingerprint density at radius 3 is 2.80 bits per heavy atom. The van der Waals surface area contributed by atoms with Gasteiger partial charge in [0.2, 0.25) is 0 Å². The summed E-state index contributed by atoms with van der Waals surface area (Å²) in [5.74, 6) is 1.83. The van der Waals surface area contributed by atoms with Crippen molar-refractivity contribution < 1.29 is 4.74 Å². The molecule has 2 rings (SSSR count). The molecule has 0 aliphatic carbocycles. The number of aryl methyl sites for hydroxylation is 1. The molecular formula is C16H21ClN2O. The summed E-state index contributed by atoms with van der Waals surface area (Å²) in [5, 5.41) is 0.742. The van der Waals surface area contributed by atoms with Gasteiger partial charge in [0.1, 0.15) is 11.6 Å². The van der Waals surface area contributed by atoms with E-state index in [1.165, 1.54) is 12.8 Å². The Kier molecular flexibility index (Phi) is 5.48.